The first-order chi connectivity index (χ1) is 10.6. The maximum atomic E-state index is 13.3. The van der Waals surface area contributed by atoms with Crippen LogP contribution in [-0.2, 0) is 20.0 Å². The van der Waals surface area contributed by atoms with E-state index in [4.69, 9.17) is 0 Å². The summed E-state index contributed by atoms with van der Waals surface area (Å²) < 4.78 is 14.9. The Morgan fingerprint density at radius 1 is 1.23 bits per heavy atom. The fourth-order valence-electron chi connectivity index (χ4n) is 3.19. The summed E-state index contributed by atoms with van der Waals surface area (Å²) in [4.78, 5) is 14.1. The highest BCUT2D eigenvalue weighted by Gasteiger charge is 2.24. The number of likely N-dealkylation sites (tertiary alicyclic amines) is 1. The molecule has 0 aliphatic carbocycles. The van der Waals surface area contributed by atoms with E-state index in [-0.39, 0.29) is 11.4 Å². The fourth-order valence-corrected chi connectivity index (χ4v) is 3.19. The largest absolute Gasteiger partial charge is 0.319 e. The van der Waals surface area contributed by atoms with Gasteiger partial charge in [0.25, 0.3) is 5.56 Å². The lowest BCUT2D eigenvalue weighted by Gasteiger charge is -2.24. The second-order valence-corrected chi connectivity index (χ2v) is 6.08. The van der Waals surface area contributed by atoms with Crippen LogP contribution in [0.4, 0.5) is 4.39 Å². The lowest BCUT2D eigenvalue weighted by molar-refractivity contribution is 0.243. The van der Waals surface area contributed by atoms with Crippen LogP contribution in [0, 0.1) is 5.82 Å². The molecular weight excluding hydrogens is 279 g/mol. The van der Waals surface area contributed by atoms with Gasteiger partial charge in [-0.1, -0.05) is 12.1 Å². The topological polar surface area (TPSA) is 25.2 Å². The van der Waals surface area contributed by atoms with Gasteiger partial charge in [-0.3, -0.25) is 9.69 Å². The van der Waals surface area contributed by atoms with Gasteiger partial charge in [0.1, 0.15) is 5.82 Å². The van der Waals surface area contributed by atoms with Crippen LogP contribution >= 0.6 is 0 Å². The van der Waals surface area contributed by atoms with E-state index in [9.17, 15) is 9.18 Å². The van der Waals surface area contributed by atoms with Crippen molar-refractivity contribution >= 4 is 0 Å². The predicted octanol–water partition coefficient (Wildman–Crippen LogP) is 2.73. The molecule has 3 rings (SSSR count). The first kappa shape index (κ1) is 15.0. The van der Waals surface area contributed by atoms with Crippen molar-refractivity contribution in [3.8, 4) is 0 Å². The number of halogens is 1. The van der Waals surface area contributed by atoms with Crippen LogP contribution in [0.5, 0.6) is 0 Å². The number of rotatable bonds is 4. The van der Waals surface area contributed by atoms with Crippen LogP contribution in [0.3, 0.4) is 0 Å². The Labute approximate surface area is 130 Å². The molecule has 0 spiro atoms. The zero-order valence-corrected chi connectivity index (χ0v) is 12.8. The van der Waals surface area contributed by atoms with Gasteiger partial charge in [-0.25, -0.2) is 4.39 Å². The molecule has 1 atom stereocenters. The molecule has 1 aromatic carbocycles. The number of hydrogen-bond acceptors (Lipinski definition) is 2. The highest BCUT2D eigenvalue weighted by molar-refractivity contribution is 5.18. The van der Waals surface area contributed by atoms with Gasteiger partial charge >= 0.3 is 0 Å². The zero-order valence-electron chi connectivity index (χ0n) is 12.8. The average molecular weight is 300 g/mol. The van der Waals surface area contributed by atoms with Crippen LogP contribution < -0.4 is 5.56 Å². The summed E-state index contributed by atoms with van der Waals surface area (Å²) in [7, 11) is 1.76. The molecule has 1 aromatic heterocycles. The summed E-state index contributed by atoms with van der Waals surface area (Å²) in [5, 5.41) is 0. The van der Waals surface area contributed by atoms with Crippen molar-refractivity contribution in [2.24, 2.45) is 7.05 Å². The summed E-state index contributed by atoms with van der Waals surface area (Å²) in [5.41, 5.74) is 2.12. The Hall–Kier alpha value is -1.94. The van der Waals surface area contributed by atoms with Gasteiger partial charge < -0.3 is 4.57 Å². The number of benzene rings is 1. The standard InChI is InChI=1S/C18H21FN2O/c1-20-9-7-15(12-18(20)22)13-21-8-3-6-17(21)11-14-4-2-5-16(19)10-14/h2,4-5,7,9-10,12,17H,3,6,8,11,13H2,1H3. The second kappa shape index (κ2) is 6.44. The third-order valence-corrected chi connectivity index (χ3v) is 4.41. The van der Waals surface area contributed by atoms with Gasteiger partial charge in [-0.2, -0.15) is 0 Å². The van der Waals surface area contributed by atoms with E-state index in [0.29, 0.717) is 6.04 Å². The molecule has 2 aromatic rings. The van der Waals surface area contributed by atoms with Crippen molar-refractivity contribution in [2.75, 3.05) is 6.54 Å². The lowest BCUT2D eigenvalue weighted by atomic mass is 10.0. The van der Waals surface area contributed by atoms with Gasteiger partial charge in [-0.15, -0.1) is 0 Å². The van der Waals surface area contributed by atoms with E-state index >= 15 is 0 Å². The van der Waals surface area contributed by atoms with Crippen LogP contribution in [0.2, 0.25) is 0 Å². The normalized spacial score (nSPS) is 18.7. The third-order valence-electron chi connectivity index (χ3n) is 4.41. The van der Waals surface area contributed by atoms with E-state index < -0.39 is 0 Å². The molecule has 1 unspecified atom stereocenters. The molecular formula is C18H21FN2O. The van der Waals surface area contributed by atoms with E-state index in [2.05, 4.69) is 4.90 Å². The minimum atomic E-state index is -0.173. The predicted molar refractivity (Wildman–Crippen MR) is 85.2 cm³/mol. The van der Waals surface area contributed by atoms with Gasteiger partial charge in [0.2, 0.25) is 0 Å². The highest BCUT2D eigenvalue weighted by Crippen LogP contribution is 2.23. The van der Waals surface area contributed by atoms with Gasteiger partial charge in [0.15, 0.2) is 0 Å². The maximum Gasteiger partial charge on any atom is 0.250 e. The molecule has 3 nitrogen and oxygen atoms in total. The Kier molecular flexibility index (Phi) is 4.39. The molecule has 0 N–H and O–H groups in total. The molecule has 1 fully saturated rings. The number of aryl methyl sites for hydroxylation is 1. The molecule has 0 bridgehead atoms. The van der Waals surface area contributed by atoms with E-state index in [1.165, 1.54) is 6.07 Å². The van der Waals surface area contributed by atoms with Crippen molar-refractivity contribution in [2.45, 2.75) is 31.8 Å². The summed E-state index contributed by atoms with van der Waals surface area (Å²) in [6.07, 6.45) is 4.96. The monoisotopic (exact) mass is 300 g/mol. The quantitative estimate of drug-likeness (QED) is 0.867. The van der Waals surface area contributed by atoms with Crippen molar-refractivity contribution < 1.29 is 4.39 Å². The van der Waals surface area contributed by atoms with E-state index in [1.807, 2.05) is 18.3 Å². The zero-order chi connectivity index (χ0) is 15.5. The molecule has 1 aliphatic heterocycles. The van der Waals surface area contributed by atoms with E-state index in [0.717, 1.165) is 43.5 Å². The molecule has 4 heteroatoms. The first-order valence-electron chi connectivity index (χ1n) is 7.76. The third kappa shape index (κ3) is 3.45. The summed E-state index contributed by atoms with van der Waals surface area (Å²) in [6, 6.07) is 11.0. The SMILES string of the molecule is Cn1ccc(CN2CCCC2Cc2cccc(F)c2)cc1=O. The van der Waals surface area contributed by atoms with Crippen molar-refractivity contribution in [3.05, 3.63) is 69.9 Å². The van der Waals surface area contributed by atoms with Crippen LogP contribution in [0.25, 0.3) is 0 Å². The Morgan fingerprint density at radius 2 is 2.09 bits per heavy atom. The molecule has 0 radical (unpaired) electrons. The molecule has 0 amide bonds. The maximum absolute atomic E-state index is 13.3. The van der Waals surface area contributed by atoms with Crippen LogP contribution in [0.1, 0.15) is 24.0 Å². The minimum absolute atomic E-state index is 0.0263. The summed E-state index contributed by atoms with van der Waals surface area (Å²) in [6.45, 7) is 1.82. The Balaban J connectivity index is 1.70. The van der Waals surface area contributed by atoms with Gasteiger partial charge in [0.05, 0.1) is 0 Å². The molecule has 0 saturated carbocycles. The summed E-state index contributed by atoms with van der Waals surface area (Å²) in [5.74, 6) is -0.173. The van der Waals surface area contributed by atoms with Crippen molar-refractivity contribution in [3.63, 3.8) is 0 Å². The molecule has 1 saturated heterocycles. The number of pyridine rings is 1. The fraction of sp³-hybridized carbons (Fsp3) is 0.389. The number of nitrogens with zero attached hydrogens (tertiary/aromatic N) is 2. The molecule has 2 heterocycles. The van der Waals surface area contributed by atoms with E-state index in [1.54, 1.807) is 29.8 Å². The summed E-state index contributed by atoms with van der Waals surface area (Å²) >= 11 is 0. The van der Waals surface area contributed by atoms with Crippen molar-refractivity contribution in [1.82, 2.24) is 9.47 Å². The smallest absolute Gasteiger partial charge is 0.250 e. The number of hydrogen-bond donors (Lipinski definition) is 0. The molecule has 116 valence electrons. The molecule has 22 heavy (non-hydrogen) atoms. The Morgan fingerprint density at radius 3 is 2.86 bits per heavy atom. The minimum Gasteiger partial charge on any atom is -0.319 e. The Bertz CT molecular complexity index is 710. The lowest BCUT2D eigenvalue weighted by Crippen LogP contribution is -2.31. The average Bonchev–Trinajstić information content (AvgIpc) is 2.90. The number of aromatic nitrogens is 1. The highest BCUT2D eigenvalue weighted by atomic mass is 19.1. The van der Waals surface area contributed by atoms with Crippen LogP contribution in [-0.4, -0.2) is 22.1 Å². The van der Waals surface area contributed by atoms with Crippen LogP contribution in [0.15, 0.2) is 47.4 Å². The van der Waals surface area contributed by atoms with Crippen molar-refractivity contribution in [1.29, 1.82) is 0 Å². The molecule has 1 aliphatic rings. The second-order valence-electron chi connectivity index (χ2n) is 6.08. The van der Waals surface area contributed by atoms with Gasteiger partial charge in [0, 0.05) is 31.9 Å². The van der Waals surface area contributed by atoms with Gasteiger partial charge in [-0.05, 0) is 55.1 Å². The first-order valence-corrected chi connectivity index (χ1v) is 7.76.